The Morgan fingerprint density at radius 2 is 2.20 bits per heavy atom. The van der Waals surface area contributed by atoms with Crippen molar-refractivity contribution in [1.82, 2.24) is 0 Å². The first-order chi connectivity index (χ1) is 7.34. The average Bonchev–Trinajstić information content (AvgIpc) is 2.16. The highest BCUT2D eigenvalue weighted by Crippen LogP contribution is 2.37. The van der Waals surface area contributed by atoms with Gasteiger partial charge in [0.2, 0.25) is 0 Å². The third kappa shape index (κ3) is 1.63. The van der Waals surface area contributed by atoms with E-state index in [0.717, 1.165) is 19.1 Å². The Balaban J connectivity index is 1.96. The second-order valence-electron chi connectivity index (χ2n) is 4.37. The van der Waals surface area contributed by atoms with Gasteiger partial charge in [0, 0.05) is 23.6 Å². The third-order valence-corrected chi connectivity index (χ3v) is 3.95. The molecule has 1 heterocycles. The van der Waals surface area contributed by atoms with Gasteiger partial charge < -0.3 is 10.2 Å². The quantitative estimate of drug-likeness (QED) is 0.840. The van der Waals surface area contributed by atoms with Gasteiger partial charge in [0.15, 0.2) is 0 Å². The van der Waals surface area contributed by atoms with E-state index >= 15 is 0 Å². The normalized spacial score (nSPS) is 20.5. The van der Waals surface area contributed by atoms with E-state index < -0.39 is 0 Å². The van der Waals surface area contributed by atoms with E-state index in [1.54, 1.807) is 0 Å². The van der Waals surface area contributed by atoms with Gasteiger partial charge in [-0.1, -0.05) is 15.9 Å². The minimum Gasteiger partial charge on any atom is -0.382 e. The Morgan fingerprint density at radius 3 is 2.93 bits per heavy atom. The molecule has 0 unspecified atom stereocenters. The Bertz CT molecular complexity index is 374. The van der Waals surface area contributed by atoms with E-state index in [4.69, 9.17) is 0 Å². The number of benzene rings is 1. The maximum absolute atomic E-state index is 3.55. The molecule has 0 atom stereocenters. The minimum absolute atomic E-state index is 0.792. The van der Waals surface area contributed by atoms with Gasteiger partial charge >= 0.3 is 0 Å². The molecule has 0 radical (unpaired) electrons. The summed E-state index contributed by atoms with van der Waals surface area (Å²) >= 11 is 3.55. The summed E-state index contributed by atoms with van der Waals surface area (Å²) < 4.78 is 1.18. The van der Waals surface area contributed by atoms with Crippen molar-refractivity contribution in [2.45, 2.75) is 25.3 Å². The van der Waals surface area contributed by atoms with E-state index in [2.05, 4.69) is 44.3 Å². The lowest BCUT2D eigenvalue weighted by molar-refractivity contribution is 0.387. The molecule has 1 aliphatic heterocycles. The van der Waals surface area contributed by atoms with Crippen LogP contribution >= 0.6 is 15.9 Å². The van der Waals surface area contributed by atoms with Crippen molar-refractivity contribution in [2.75, 3.05) is 23.3 Å². The molecule has 1 fully saturated rings. The van der Waals surface area contributed by atoms with Crippen molar-refractivity contribution in [3.05, 3.63) is 22.7 Å². The van der Waals surface area contributed by atoms with Gasteiger partial charge in [0.25, 0.3) is 0 Å². The third-order valence-electron chi connectivity index (χ3n) is 3.45. The van der Waals surface area contributed by atoms with E-state index in [1.807, 2.05) is 0 Å². The fraction of sp³-hybridized carbons (Fsp3) is 0.500. The molecule has 0 saturated heterocycles. The second-order valence-corrected chi connectivity index (χ2v) is 5.28. The van der Waals surface area contributed by atoms with Crippen LogP contribution in [0.3, 0.4) is 0 Å². The molecule has 0 aromatic heterocycles. The zero-order chi connectivity index (χ0) is 10.3. The molecule has 3 rings (SSSR count). The highest BCUT2D eigenvalue weighted by atomic mass is 79.9. The topological polar surface area (TPSA) is 15.3 Å². The maximum Gasteiger partial charge on any atom is 0.0616 e. The van der Waals surface area contributed by atoms with Crippen molar-refractivity contribution in [1.29, 1.82) is 0 Å². The largest absolute Gasteiger partial charge is 0.382 e. The van der Waals surface area contributed by atoms with E-state index in [-0.39, 0.29) is 0 Å². The number of anilines is 2. The van der Waals surface area contributed by atoms with Crippen molar-refractivity contribution < 1.29 is 0 Å². The van der Waals surface area contributed by atoms with Crippen LogP contribution in [0.2, 0.25) is 0 Å². The van der Waals surface area contributed by atoms with Crippen molar-refractivity contribution >= 4 is 27.3 Å². The lowest BCUT2D eigenvalue weighted by Gasteiger charge is -2.42. The second kappa shape index (κ2) is 3.71. The molecular formula is C12H15BrN2. The van der Waals surface area contributed by atoms with Gasteiger partial charge in [-0.15, -0.1) is 0 Å². The number of halogens is 1. The van der Waals surface area contributed by atoms with Crippen LogP contribution in [0.4, 0.5) is 11.4 Å². The van der Waals surface area contributed by atoms with Crippen LogP contribution in [0.5, 0.6) is 0 Å². The van der Waals surface area contributed by atoms with E-state index in [1.165, 1.54) is 35.1 Å². The van der Waals surface area contributed by atoms with Crippen LogP contribution < -0.4 is 10.2 Å². The standard InChI is InChI=1S/C12H15BrN2/c13-9-4-5-11-12(8-9)15(7-6-14-11)10-2-1-3-10/h4-5,8,10,14H,1-3,6-7H2. The Hall–Kier alpha value is -0.700. The Labute approximate surface area is 98.8 Å². The van der Waals surface area contributed by atoms with Gasteiger partial charge in [-0.25, -0.2) is 0 Å². The van der Waals surface area contributed by atoms with E-state index in [9.17, 15) is 0 Å². The van der Waals surface area contributed by atoms with Gasteiger partial charge in [-0.2, -0.15) is 0 Å². The highest BCUT2D eigenvalue weighted by Gasteiger charge is 2.28. The summed E-state index contributed by atoms with van der Waals surface area (Å²) in [5, 5.41) is 3.46. The molecule has 1 N–H and O–H groups in total. The van der Waals surface area contributed by atoms with Crippen LogP contribution in [0.1, 0.15) is 19.3 Å². The molecule has 1 aromatic rings. The minimum atomic E-state index is 0.792. The molecule has 0 bridgehead atoms. The molecule has 80 valence electrons. The van der Waals surface area contributed by atoms with Crippen LogP contribution in [-0.2, 0) is 0 Å². The predicted octanol–water partition coefficient (Wildman–Crippen LogP) is 3.23. The summed E-state index contributed by atoms with van der Waals surface area (Å²) in [4.78, 5) is 2.57. The number of fused-ring (bicyclic) bond motifs is 1. The predicted molar refractivity (Wildman–Crippen MR) is 67.6 cm³/mol. The summed E-state index contributed by atoms with van der Waals surface area (Å²) in [6, 6.07) is 7.31. The summed E-state index contributed by atoms with van der Waals surface area (Å²) in [6.07, 6.45) is 4.13. The van der Waals surface area contributed by atoms with Crippen LogP contribution in [0, 0.1) is 0 Å². The highest BCUT2D eigenvalue weighted by molar-refractivity contribution is 9.10. The Kier molecular flexibility index (Phi) is 2.35. The number of rotatable bonds is 1. The number of nitrogens with one attached hydrogen (secondary N) is 1. The maximum atomic E-state index is 3.55. The van der Waals surface area contributed by atoms with Gasteiger partial charge in [0.05, 0.1) is 11.4 Å². The molecule has 1 aliphatic carbocycles. The zero-order valence-corrected chi connectivity index (χ0v) is 10.3. The molecule has 1 aromatic carbocycles. The molecule has 15 heavy (non-hydrogen) atoms. The summed E-state index contributed by atoms with van der Waals surface area (Å²) in [5.41, 5.74) is 2.66. The SMILES string of the molecule is Brc1ccc2c(c1)N(C1CCC1)CCN2. The van der Waals surface area contributed by atoms with Crippen molar-refractivity contribution in [2.24, 2.45) is 0 Å². The lowest BCUT2D eigenvalue weighted by Crippen LogP contribution is -2.45. The fourth-order valence-corrected chi connectivity index (χ4v) is 2.75. The fourth-order valence-electron chi connectivity index (χ4n) is 2.40. The molecule has 2 aliphatic rings. The van der Waals surface area contributed by atoms with E-state index in [0.29, 0.717) is 0 Å². The first kappa shape index (κ1) is 9.52. The summed E-state index contributed by atoms with van der Waals surface area (Å²) in [6.45, 7) is 2.22. The van der Waals surface area contributed by atoms with Gasteiger partial charge in [0.1, 0.15) is 0 Å². The lowest BCUT2D eigenvalue weighted by atomic mass is 9.90. The smallest absolute Gasteiger partial charge is 0.0616 e. The van der Waals surface area contributed by atoms with Crippen LogP contribution in [0.25, 0.3) is 0 Å². The number of nitrogens with zero attached hydrogens (tertiary/aromatic N) is 1. The first-order valence-corrected chi connectivity index (χ1v) is 6.44. The van der Waals surface area contributed by atoms with Crippen molar-refractivity contribution in [3.8, 4) is 0 Å². The molecule has 1 saturated carbocycles. The number of hydrogen-bond donors (Lipinski definition) is 1. The molecule has 2 nitrogen and oxygen atoms in total. The zero-order valence-electron chi connectivity index (χ0n) is 8.67. The van der Waals surface area contributed by atoms with Crippen LogP contribution in [-0.4, -0.2) is 19.1 Å². The van der Waals surface area contributed by atoms with Gasteiger partial charge in [-0.3, -0.25) is 0 Å². The monoisotopic (exact) mass is 266 g/mol. The summed E-state index contributed by atoms with van der Waals surface area (Å²) in [7, 11) is 0. The van der Waals surface area contributed by atoms with Gasteiger partial charge in [-0.05, 0) is 37.5 Å². The molecule has 3 heteroatoms. The van der Waals surface area contributed by atoms with Crippen LogP contribution in [0.15, 0.2) is 22.7 Å². The molecule has 0 amide bonds. The summed E-state index contributed by atoms with van der Waals surface area (Å²) in [5.74, 6) is 0. The molecule has 0 spiro atoms. The Morgan fingerprint density at radius 1 is 1.33 bits per heavy atom. The number of hydrogen-bond acceptors (Lipinski definition) is 2. The average molecular weight is 267 g/mol. The molecular weight excluding hydrogens is 252 g/mol. The van der Waals surface area contributed by atoms with Crippen molar-refractivity contribution in [3.63, 3.8) is 0 Å². The first-order valence-electron chi connectivity index (χ1n) is 5.65.